The van der Waals surface area contributed by atoms with E-state index < -0.39 is 17.2 Å². The van der Waals surface area contributed by atoms with Gasteiger partial charge in [-0.15, -0.1) is 11.3 Å². The molecule has 2 aromatic carbocycles. The molecule has 0 fully saturated rings. The fourth-order valence-electron chi connectivity index (χ4n) is 3.11. The molecule has 0 spiro atoms. The summed E-state index contributed by atoms with van der Waals surface area (Å²) in [5, 5.41) is 17.2. The molecule has 0 radical (unpaired) electrons. The van der Waals surface area contributed by atoms with Crippen LogP contribution >= 0.6 is 11.3 Å². The Kier molecular flexibility index (Phi) is 4.91. The van der Waals surface area contributed by atoms with Crippen molar-refractivity contribution in [1.29, 1.82) is 0 Å². The zero-order valence-electron chi connectivity index (χ0n) is 16.4. The van der Waals surface area contributed by atoms with E-state index in [4.69, 9.17) is 4.74 Å². The van der Waals surface area contributed by atoms with Gasteiger partial charge in [0.1, 0.15) is 17.3 Å². The molecule has 1 N–H and O–H groups in total. The Morgan fingerprint density at radius 1 is 1.10 bits per heavy atom. The highest BCUT2D eigenvalue weighted by Gasteiger charge is 2.22. The smallest absolute Gasteiger partial charge is 0.275 e. The van der Waals surface area contributed by atoms with E-state index in [1.807, 2.05) is 0 Å². The molecule has 0 saturated heterocycles. The monoisotopic (exact) mass is 428 g/mol. The number of benzene rings is 2. The molecule has 0 amide bonds. The second-order valence-electron chi connectivity index (χ2n) is 7.39. The summed E-state index contributed by atoms with van der Waals surface area (Å²) in [7, 11) is 1.54. The van der Waals surface area contributed by atoms with Gasteiger partial charge >= 0.3 is 0 Å². The maximum Gasteiger partial charge on any atom is 0.275 e. The van der Waals surface area contributed by atoms with Crippen LogP contribution in [0, 0.1) is 11.6 Å². The largest absolute Gasteiger partial charge is 0.454 e. The highest BCUT2D eigenvalue weighted by atomic mass is 32.1. The summed E-state index contributed by atoms with van der Waals surface area (Å²) in [6.07, 6.45) is 0. The summed E-state index contributed by atoms with van der Waals surface area (Å²) < 4.78 is 35.1. The maximum absolute atomic E-state index is 14.2. The number of halogens is 2. The number of aryl methyl sites for hydroxylation is 1. The highest BCUT2D eigenvalue weighted by Crippen LogP contribution is 2.39. The first-order chi connectivity index (χ1) is 14.1. The molecule has 0 bridgehead atoms. The van der Waals surface area contributed by atoms with E-state index in [9.17, 15) is 18.7 Å². The SMILES string of the molecule is Cn1nc(-c2cc(C(C)(C)O)ccc2Oc2ccc(F)cc2F)c2sccc2c1=O. The second kappa shape index (κ2) is 7.30. The number of aliphatic hydroxyl groups is 1. The molecule has 4 rings (SSSR count). The summed E-state index contributed by atoms with van der Waals surface area (Å²) >= 11 is 1.35. The highest BCUT2D eigenvalue weighted by molar-refractivity contribution is 7.17. The average molecular weight is 428 g/mol. The third-order valence-electron chi connectivity index (χ3n) is 4.71. The Morgan fingerprint density at radius 3 is 2.53 bits per heavy atom. The van der Waals surface area contributed by atoms with Crippen molar-refractivity contribution >= 4 is 21.4 Å². The number of ether oxygens (including phenoxy) is 1. The number of hydrogen-bond donors (Lipinski definition) is 1. The van der Waals surface area contributed by atoms with Crippen molar-refractivity contribution in [3.05, 3.63) is 75.4 Å². The molecule has 4 aromatic rings. The third-order valence-corrected chi connectivity index (χ3v) is 5.63. The van der Waals surface area contributed by atoms with Crippen LogP contribution in [0.4, 0.5) is 8.78 Å². The molecular weight excluding hydrogens is 410 g/mol. The van der Waals surface area contributed by atoms with Crippen LogP contribution in [0.2, 0.25) is 0 Å². The lowest BCUT2D eigenvalue weighted by Gasteiger charge is -2.20. The van der Waals surface area contributed by atoms with Gasteiger partial charge in [0.05, 0.1) is 15.7 Å². The van der Waals surface area contributed by atoms with Crippen molar-refractivity contribution in [3.8, 4) is 22.8 Å². The second-order valence-corrected chi connectivity index (χ2v) is 8.30. The van der Waals surface area contributed by atoms with Gasteiger partial charge in [-0.3, -0.25) is 4.79 Å². The van der Waals surface area contributed by atoms with E-state index in [2.05, 4.69) is 5.10 Å². The number of hydrogen-bond acceptors (Lipinski definition) is 5. The van der Waals surface area contributed by atoms with Crippen LogP contribution in [0.5, 0.6) is 11.5 Å². The van der Waals surface area contributed by atoms with Gasteiger partial charge < -0.3 is 9.84 Å². The predicted molar refractivity (Wildman–Crippen MR) is 112 cm³/mol. The fraction of sp³-hybridized carbons (Fsp3) is 0.182. The Balaban J connectivity index is 1.96. The maximum atomic E-state index is 14.2. The first-order valence-corrected chi connectivity index (χ1v) is 9.98. The molecular formula is C22H18F2N2O3S. The lowest BCUT2D eigenvalue weighted by Crippen LogP contribution is -2.20. The Morgan fingerprint density at radius 2 is 1.83 bits per heavy atom. The third kappa shape index (κ3) is 3.59. The van der Waals surface area contributed by atoms with E-state index in [0.29, 0.717) is 26.9 Å². The first kappa shape index (κ1) is 20.2. The molecule has 2 heterocycles. The molecule has 0 aliphatic heterocycles. The van der Waals surface area contributed by atoms with Crippen LogP contribution in [0.1, 0.15) is 19.4 Å². The van der Waals surface area contributed by atoms with Crippen LogP contribution in [-0.2, 0) is 12.6 Å². The van der Waals surface area contributed by atoms with Crippen LogP contribution in [0.3, 0.4) is 0 Å². The Labute approximate surface area is 174 Å². The zero-order chi connectivity index (χ0) is 21.6. The molecule has 8 heteroatoms. The molecule has 0 aliphatic rings. The van der Waals surface area contributed by atoms with Crippen molar-refractivity contribution < 1.29 is 18.6 Å². The number of nitrogens with zero attached hydrogens (tertiary/aromatic N) is 2. The van der Waals surface area contributed by atoms with E-state index >= 15 is 0 Å². The van der Waals surface area contributed by atoms with Crippen molar-refractivity contribution in [2.45, 2.75) is 19.4 Å². The van der Waals surface area contributed by atoms with Crippen molar-refractivity contribution in [2.75, 3.05) is 0 Å². The van der Waals surface area contributed by atoms with Crippen molar-refractivity contribution in [2.24, 2.45) is 7.05 Å². The van der Waals surface area contributed by atoms with Gasteiger partial charge in [0.2, 0.25) is 0 Å². The van der Waals surface area contributed by atoms with Gasteiger partial charge in [-0.25, -0.2) is 13.5 Å². The van der Waals surface area contributed by atoms with Crippen LogP contribution in [0.15, 0.2) is 52.6 Å². The predicted octanol–water partition coefficient (Wildman–Crippen LogP) is 4.96. The number of aromatic nitrogens is 2. The van der Waals surface area contributed by atoms with Gasteiger partial charge in [0.25, 0.3) is 5.56 Å². The molecule has 2 aromatic heterocycles. The van der Waals surface area contributed by atoms with Gasteiger partial charge in [0, 0.05) is 18.7 Å². The summed E-state index contributed by atoms with van der Waals surface area (Å²) in [6.45, 7) is 3.28. The van der Waals surface area contributed by atoms with Crippen LogP contribution < -0.4 is 10.3 Å². The van der Waals surface area contributed by atoms with E-state index in [-0.39, 0.29) is 17.1 Å². The van der Waals surface area contributed by atoms with Gasteiger partial charge in [-0.2, -0.15) is 5.10 Å². The number of fused-ring (bicyclic) bond motifs is 1. The quantitative estimate of drug-likeness (QED) is 0.499. The van der Waals surface area contributed by atoms with Crippen LogP contribution in [0.25, 0.3) is 21.3 Å². The topological polar surface area (TPSA) is 64.3 Å². The molecule has 0 atom stereocenters. The standard InChI is InChI=1S/C22H18F2N2O3S/c1-22(2,28)12-4-6-17(29-18-7-5-13(23)11-16(18)24)15(10-12)19-20-14(8-9-30-20)21(27)26(3)25-19/h4-11,28H,1-3H3. The normalized spacial score (nSPS) is 11.8. The number of rotatable bonds is 4. The minimum absolute atomic E-state index is 0.152. The molecule has 0 unspecified atom stereocenters. The lowest BCUT2D eigenvalue weighted by atomic mass is 9.95. The zero-order valence-corrected chi connectivity index (χ0v) is 17.3. The summed E-state index contributed by atoms with van der Waals surface area (Å²) in [5.41, 5.74) is 0.140. The molecule has 154 valence electrons. The van der Waals surface area contributed by atoms with Crippen molar-refractivity contribution in [1.82, 2.24) is 9.78 Å². The number of thiophene rings is 1. The minimum Gasteiger partial charge on any atom is -0.454 e. The average Bonchev–Trinajstić information content (AvgIpc) is 3.16. The summed E-state index contributed by atoms with van der Waals surface area (Å²) in [5.74, 6) is -1.45. The molecule has 0 saturated carbocycles. The van der Waals surface area contributed by atoms with E-state index in [1.54, 1.807) is 50.5 Å². The van der Waals surface area contributed by atoms with E-state index in [0.717, 1.165) is 12.1 Å². The minimum atomic E-state index is -1.15. The van der Waals surface area contributed by atoms with Gasteiger partial charge in [-0.1, -0.05) is 6.07 Å². The Hall–Kier alpha value is -3.10. The van der Waals surface area contributed by atoms with Gasteiger partial charge in [-0.05, 0) is 55.1 Å². The van der Waals surface area contributed by atoms with Crippen molar-refractivity contribution in [3.63, 3.8) is 0 Å². The molecule has 30 heavy (non-hydrogen) atoms. The summed E-state index contributed by atoms with van der Waals surface area (Å²) in [4.78, 5) is 12.4. The summed E-state index contributed by atoms with van der Waals surface area (Å²) in [6, 6.07) is 9.71. The lowest BCUT2D eigenvalue weighted by molar-refractivity contribution is 0.0786. The Bertz CT molecular complexity index is 1320. The fourth-order valence-corrected chi connectivity index (χ4v) is 4.00. The molecule has 5 nitrogen and oxygen atoms in total. The van der Waals surface area contributed by atoms with Gasteiger partial charge in [0.15, 0.2) is 11.6 Å². The first-order valence-electron chi connectivity index (χ1n) is 9.10. The molecule has 0 aliphatic carbocycles. The van der Waals surface area contributed by atoms with E-state index in [1.165, 1.54) is 22.1 Å². The van der Waals surface area contributed by atoms with Crippen LogP contribution in [-0.4, -0.2) is 14.9 Å².